The standard InChI is InChI=1S/C89H102Cl4N10O33P2/c1-35(2)20-53(103(7)61(109)30-64(137(123,124)125)138(126,127)128)81(116)101-69-71(110)42-15-19-56(49(91)22-42)131-57-25-43-26-58(76(57)136-87-77(73(112)72(111)59(34-104)133-87)135-63-32-89(6,79(114)37(4)130-63)96-33-38-8-10-39(11-9-38)40-12-16-45(90)17-13-40)132-75-50(92)23-44(24-51(75)93)74(134-62-31-88(5,95)78(113)36(3)129-62)70-85(120)100-68(86(121)122)48-27-46(105)28-55(107)65(48)47-21-41(14-18-54(47)106)66(82(117)102-70)99-83(118)67(43)98-80(115)52(29-60(94)108)97-84(69)119/h8-19,21-28,35-37,52-53,59,62-64,66-74,77-79,87,96,104-107,110-114H,20,29-34,95H2,1-7H3,(H2,94,108)(H,97,119)(H,98,115)(H,99,118)(H,100,120)(H,101,116)(H,102,117)(H,121,122)(H2,123,124,125)(H2,126,127,128)/t36-,37+,52-,53+,59-,62-,63+,66+,67+,68-,69+,70-,71+,72+,73-,74+,77+,78-,79-,87+,88-,89+/m0/s1. The molecule has 15 rings (SSSR count). The number of nitrogens with one attached hydrogen (secondary N) is 7. The van der Waals surface area contributed by atoms with Crippen LogP contribution in [0.4, 0.5) is 0 Å². The largest absolute Gasteiger partial charge is 0.508 e. The number of benzene rings is 7. The number of phenols is 3. The summed E-state index contributed by atoms with van der Waals surface area (Å²) in [4.78, 5) is 178. The third-order valence-corrected chi connectivity index (χ3v) is 29.4. The summed E-state index contributed by atoms with van der Waals surface area (Å²) in [5.74, 6) is -20.8. The molecule has 8 aliphatic rings. The van der Waals surface area contributed by atoms with Crippen molar-refractivity contribution in [2.45, 2.75) is 219 Å². The van der Waals surface area contributed by atoms with Gasteiger partial charge in [0.15, 0.2) is 47.4 Å². The summed E-state index contributed by atoms with van der Waals surface area (Å²) in [6.07, 6.45) is -27.0. The molecule has 49 heteroatoms. The number of aliphatic carboxylic acids is 1. The molecule has 7 aromatic rings. The zero-order valence-corrected chi connectivity index (χ0v) is 79.0. The van der Waals surface area contributed by atoms with E-state index in [1.165, 1.54) is 34.6 Å². The number of nitrogens with zero attached hydrogens (tertiary/aromatic N) is 1. The number of fused-ring (bicyclic) bond motifs is 15. The third-order valence-electron chi connectivity index (χ3n) is 24.6. The highest BCUT2D eigenvalue weighted by Crippen LogP contribution is 2.62. The van der Waals surface area contributed by atoms with Gasteiger partial charge < -0.3 is 162 Å². The van der Waals surface area contributed by atoms with Gasteiger partial charge in [-0.1, -0.05) is 109 Å². The van der Waals surface area contributed by atoms with Crippen molar-refractivity contribution < 1.29 is 161 Å². The van der Waals surface area contributed by atoms with Crippen molar-refractivity contribution in [1.82, 2.24) is 42.1 Å². The lowest BCUT2D eigenvalue weighted by Gasteiger charge is -2.48. The summed E-state index contributed by atoms with van der Waals surface area (Å²) < 4.78 is 77.7. The van der Waals surface area contributed by atoms with Gasteiger partial charge in [-0.2, -0.15) is 0 Å². The molecule has 0 aliphatic carbocycles. The number of halogens is 4. The number of carboxylic acids is 1. The first kappa shape index (κ1) is 105. The Kier molecular flexibility index (Phi) is 32.0. The minimum absolute atomic E-state index is 0.137. The van der Waals surface area contributed by atoms with Crippen LogP contribution in [-0.2, 0) is 82.5 Å². The van der Waals surface area contributed by atoms with Crippen molar-refractivity contribution in [2.75, 3.05) is 13.7 Å². The average molecular weight is 2040 g/mol. The number of rotatable bonds is 23. The molecule has 7 aromatic carbocycles. The van der Waals surface area contributed by atoms with E-state index in [4.69, 9.17) is 95.8 Å². The smallest absolute Gasteiger partial charge is 0.341 e. The number of hydrogen-bond donors (Lipinski definition) is 23. The molecule has 3 fully saturated rings. The maximum Gasteiger partial charge on any atom is 0.341 e. The zero-order valence-electron chi connectivity index (χ0n) is 74.2. The molecule has 0 aromatic heterocycles. The van der Waals surface area contributed by atoms with Crippen LogP contribution in [-0.4, -0.2) is 251 Å². The second-order valence-corrected chi connectivity index (χ2v) is 41.1. The fourth-order valence-corrected chi connectivity index (χ4v) is 20.5. The molecule has 0 radical (unpaired) electrons. The molecule has 0 unspecified atom stereocenters. The second-order valence-electron chi connectivity index (χ2n) is 35.4. The van der Waals surface area contributed by atoms with Crippen LogP contribution < -0.4 is 62.9 Å². The molecule has 744 valence electrons. The van der Waals surface area contributed by atoms with Gasteiger partial charge in [0, 0.05) is 65.3 Å². The number of hydrogen-bond acceptors (Lipinski definition) is 30. The maximum absolute atomic E-state index is 16.7. The van der Waals surface area contributed by atoms with Crippen LogP contribution in [0.3, 0.4) is 0 Å². The van der Waals surface area contributed by atoms with Crippen molar-refractivity contribution >= 4 is 115 Å². The highest BCUT2D eigenvalue weighted by molar-refractivity contribution is 7.70. The van der Waals surface area contributed by atoms with Crippen LogP contribution in [0, 0.1) is 5.92 Å². The number of ether oxygens (including phenoxy) is 8. The van der Waals surface area contributed by atoms with Crippen molar-refractivity contribution in [3.8, 4) is 68.2 Å². The molecule has 11 bridgehead atoms. The van der Waals surface area contributed by atoms with Gasteiger partial charge in [0.25, 0.3) is 0 Å². The molecule has 22 atom stereocenters. The fraction of sp³-hybridized carbons (Fsp3) is 0.427. The van der Waals surface area contributed by atoms with Gasteiger partial charge in [-0.15, -0.1) is 0 Å². The zero-order chi connectivity index (χ0) is 101. The van der Waals surface area contributed by atoms with Crippen LogP contribution in [0.5, 0.6) is 46.0 Å². The second kappa shape index (κ2) is 42.1. The number of aliphatic hydroxyl groups excluding tert-OH is 6. The predicted octanol–water partition coefficient (Wildman–Crippen LogP) is 4.46. The van der Waals surface area contributed by atoms with Crippen LogP contribution in [0.2, 0.25) is 20.1 Å². The number of nitrogens with two attached hydrogens (primary N) is 2. The lowest BCUT2D eigenvalue weighted by atomic mass is 9.84. The molecule has 25 N–H and O–H groups in total. The van der Waals surface area contributed by atoms with Crippen LogP contribution in [0.25, 0.3) is 22.3 Å². The van der Waals surface area contributed by atoms with Gasteiger partial charge in [0.05, 0.1) is 58.9 Å². The number of aromatic hydroxyl groups is 3. The number of carboxylic acid groups (broad SMARTS) is 1. The van der Waals surface area contributed by atoms with Crippen molar-refractivity contribution in [2.24, 2.45) is 17.4 Å². The number of phenolic OH excluding ortho intramolecular Hbond substituents is 3. The predicted molar refractivity (Wildman–Crippen MR) is 486 cm³/mol. The molecule has 0 saturated carbocycles. The maximum atomic E-state index is 16.7. The number of carbonyl (C=O) groups excluding carboxylic acids is 8. The third kappa shape index (κ3) is 23.2. The minimum Gasteiger partial charge on any atom is -0.508 e. The summed E-state index contributed by atoms with van der Waals surface area (Å²) in [5, 5.41) is 131. The Labute approximate surface area is 806 Å². The lowest BCUT2D eigenvalue weighted by molar-refractivity contribution is -0.334. The van der Waals surface area contributed by atoms with E-state index in [0.717, 1.165) is 96.5 Å². The Morgan fingerprint density at radius 2 is 1.22 bits per heavy atom. The highest BCUT2D eigenvalue weighted by atomic mass is 35.5. The Balaban J connectivity index is 1.02. The SMILES string of the molecule is CC(C)C[C@H](C(=O)N[C@H]1C(=O)N[C@@H](CC(N)=O)C(=O)N[C@H]2C(=O)N[C@H]3C(=O)N[C@H](C(=O)N[C@H](C(=O)O)c4cc(O)cc(O)c4-c4cc3ccc4O)[C@H](O[C@H]3C[C@](C)(N)[C@@H](O)[C@H](C)O3)c3cc(Cl)c(c(Cl)c3)Oc3cc2cc(c3O[C@H]2O[C@@H](CO)[C@@H](O)[C@H](O)[C@H]2O[C@@H]2C[C@@](C)(NCc3ccc(-c4ccc(Cl)cc4)cc3)[C@@H](O)[C@@H](C)O2)Oc2ccc(cc2Cl)[C@H]1O)N(C)C(=O)CC(P(=O)(O)O)P(=O)(O)O. The number of carbonyl (C=O) groups is 9. The average Bonchev–Trinajstić information content (AvgIpc) is 0.760. The molecule has 3 saturated heterocycles. The summed E-state index contributed by atoms with van der Waals surface area (Å²) in [6, 6.07) is 9.60. The molecule has 0 spiro atoms. The first-order valence-electron chi connectivity index (χ1n) is 43.0. The van der Waals surface area contributed by atoms with Gasteiger partial charge in [-0.25, -0.2) is 4.79 Å². The van der Waals surface area contributed by atoms with Crippen molar-refractivity contribution in [3.05, 3.63) is 175 Å². The summed E-state index contributed by atoms with van der Waals surface area (Å²) in [7, 11) is -10.7. The molecule has 8 amide bonds. The fourth-order valence-electron chi connectivity index (χ4n) is 17.2. The van der Waals surface area contributed by atoms with E-state index in [-0.39, 0.29) is 18.5 Å². The molecule has 138 heavy (non-hydrogen) atoms. The Morgan fingerprint density at radius 1 is 0.638 bits per heavy atom. The monoisotopic (exact) mass is 2040 g/mol. The Hall–Kier alpha value is -10.5. The van der Waals surface area contributed by atoms with Crippen LogP contribution in [0.1, 0.15) is 137 Å². The Morgan fingerprint density at radius 3 is 1.83 bits per heavy atom. The van der Waals surface area contributed by atoms with Gasteiger partial charge in [0.1, 0.15) is 89.8 Å². The van der Waals surface area contributed by atoms with E-state index >= 15 is 28.8 Å². The number of likely N-dealkylation sites (N-methyl/N-ethyl adjacent to an activating group) is 1. The van der Waals surface area contributed by atoms with Crippen molar-refractivity contribution in [1.29, 1.82) is 0 Å². The Bertz CT molecular complexity index is 5900. The number of amides is 8. The van der Waals surface area contributed by atoms with Gasteiger partial charge in [-0.05, 0) is 146 Å². The number of aliphatic hydroxyl groups is 6. The molecule has 8 heterocycles. The van der Waals surface area contributed by atoms with Crippen LogP contribution in [0.15, 0.2) is 121 Å². The van der Waals surface area contributed by atoms with E-state index in [1.807, 2.05) is 36.4 Å². The summed E-state index contributed by atoms with van der Waals surface area (Å²) in [5.41, 5.74) is 8.43. The molecular weight excluding hydrogens is 1940 g/mol. The summed E-state index contributed by atoms with van der Waals surface area (Å²) >= 11 is 28.3. The first-order valence-corrected chi connectivity index (χ1v) is 47.8. The summed E-state index contributed by atoms with van der Waals surface area (Å²) in [6.45, 7) is 8.15. The van der Waals surface area contributed by atoms with Crippen molar-refractivity contribution in [3.63, 3.8) is 0 Å². The van der Waals surface area contributed by atoms with E-state index in [1.54, 1.807) is 19.1 Å². The van der Waals surface area contributed by atoms with Crippen LogP contribution >= 0.6 is 61.6 Å². The quantitative estimate of drug-likeness (QED) is 0.0393. The van der Waals surface area contributed by atoms with Gasteiger partial charge in [-0.3, -0.25) is 47.5 Å². The molecular formula is C89H102Cl4N10O33P2. The van der Waals surface area contributed by atoms with E-state index < -0.39 is 340 Å². The lowest BCUT2D eigenvalue weighted by Crippen LogP contribution is -2.65. The normalized spacial score (nSPS) is 28.3. The number of primary amides is 1. The molecule has 43 nitrogen and oxygen atoms in total. The minimum atomic E-state index is -5.80. The molecule has 8 aliphatic heterocycles. The highest BCUT2D eigenvalue weighted by Gasteiger charge is 2.54. The van der Waals surface area contributed by atoms with E-state index in [9.17, 15) is 94.2 Å². The first-order chi connectivity index (χ1) is 64.7. The van der Waals surface area contributed by atoms with Gasteiger partial charge >= 0.3 is 21.2 Å². The van der Waals surface area contributed by atoms with E-state index in [0.29, 0.717) is 9.92 Å². The topological polar surface area (TPSA) is 684 Å². The van der Waals surface area contributed by atoms with Gasteiger partial charge in [0.2, 0.25) is 59.3 Å². The van der Waals surface area contributed by atoms with E-state index in [2.05, 4.69) is 37.2 Å².